The van der Waals surface area contributed by atoms with Gasteiger partial charge in [-0.3, -0.25) is 4.79 Å². The molecule has 0 spiro atoms. The molecule has 2 rings (SSSR count). The van der Waals surface area contributed by atoms with Gasteiger partial charge in [0.2, 0.25) is 0 Å². The minimum absolute atomic E-state index is 0.265. The van der Waals surface area contributed by atoms with Crippen LogP contribution in [0.25, 0.3) is 0 Å². The molecular formula is C14H12BrNO3S. The maximum atomic E-state index is 12.2. The highest BCUT2D eigenvalue weighted by atomic mass is 79.9. The van der Waals surface area contributed by atoms with E-state index in [4.69, 9.17) is 4.74 Å². The monoisotopic (exact) mass is 353 g/mol. The van der Waals surface area contributed by atoms with E-state index in [1.165, 1.54) is 18.4 Å². The molecule has 1 heterocycles. The predicted octanol–water partition coefficient (Wildman–Crippen LogP) is 3.86. The van der Waals surface area contributed by atoms with E-state index in [-0.39, 0.29) is 5.91 Å². The molecule has 0 aliphatic carbocycles. The van der Waals surface area contributed by atoms with Crippen molar-refractivity contribution >= 4 is 44.1 Å². The van der Waals surface area contributed by atoms with Crippen LogP contribution in [0.1, 0.15) is 25.6 Å². The van der Waals surface area contributed by atoms with Gasteiger partial charge in [-0.25, -0.2) is 4.79 Å². The molecule has 0 unspecified atom stereocenters. The number of carbonyl (C=O) groups is 2. The van der Waals surface area contributed by atoms with E-state index in [2.05, 4.69) is 21.2 Å². The molecule has 0 aliphatic rings. The molecule has 1 aromatic carbocycles. The molecule has 0 saturated heterocycles. The predicted molar refractivity (Wildman–Crippen MR) is 82.5 cm³/mol. The Morgan fingerprint density at radius 1 is 1.30 bits per heavy atom. The number of thiophene rings is 1. The van der Waals surface area contributed by atoms with E-state index >= 15 is 0 Å². The third-order valence-electron chi connectivity index (χ3n) is 2.57. The number of rotatable bonds is 3. The molecule has 0 aliphatic heterocycles. The fourth-order valence-corrected chi connectivity index (χ4v) is 2.97. The zero-order chi connectivity index (χ0) is 14.7. The Bertz CT molecular complexity index is 666. The van der Waals surface area contributed by atoms with Crippen molar-refractivity contribution in [1.29, 1.82) is 0 Å². The Hall–Kier alpha value is -1.66. The smallest absolute Gasteiger partial charge is 0.340 e. The van der Waals surface area contributed by atoms with Crippen LogP contribution in [-0.4, -0.2) is 19.0 Å². The summed E-state index contributed by atoms with van der Waals surface area (Å²) in [6.45, 7) is 1.87. The van der Waals surface area contributed by atoms with Gasteiger partial charge >= 0.3 is 5.97 Å². The summed E-state index contributed by atoms with van der Waals surface area (Å²) in [5.74, 6) is -0.725. The average molecular weight is 354 g/mol. The standard InChI is InChI=1S/C14H12BrNO3S/c1-8-6-11(14(18)19-2)13(20-8)16-12(17)9-4-3-5-10(15)7-9/h3-7H,1-2H3,(H,16,17). The van der Waals surface area contributed by atoms with E-state index in [9.17, 15) is 9.59 Å². The van der Waals surface area contributed by atoms with Gasteiger partial charge in [0.25, 0.3) is 5.91 Å². The Kier molecular flexibility index (Phi) is 4.57. The van der Waals surface area contributed by atoms with Gasteiger partial charge < -0.3 is 10.1 Å². The van der Waals surface area contributed by atoms with Crippen LogP contribution in [0.5, 0.6) is 0 Å². The fourth-order valence-electron chi connectivity index (χ4n) is 1.67. The van der Waals surface area contributed by atoms with Gasteiger partial charge in [0, 0.05) is 14.9 Å². The Balaban J connectivity index is 2.26. The maximum Gasteiger partial charge on any atom is 0.340 e. The van der Waals surface area contributed by atoms with E-state index in [0.717, 1.165) is 9.35 Å². The average Bonchev–Trinajstić information content (AvgIpc) is 2.78. The molecule has 4 nitrogen and oxygen atoms in total. The van der Waals surface area contributed by atoms with Crippen LogP contribution in [-0.2, 0) is 4.74 Å². The number of esters is 1. The largest absolute Gasteiger partial charge is 0.465 e. The minimum atomic E-state index is -0.459. The third-order valence-corrected chi connectivity index (χ3v) is 4.03. The SMILES string of the molecule is COC(=O)c1cc(C)sc1NC(=O)c1cccc(Br)c1. The van der Waals surface area contributed by atoms with Gasteiger partial charge in [0.1, 0.15) is 5.00 Å². The van der Waals surface area contributed by atoms with Gasteiger partial charge in [-0.05, 0) is 31.2 Å². The zero-order valence-electron chi connectivity index (χ0n) is 10.9. The molecule has 20 heavy (non-hydrogen) atoms. The molecule has 6 heteroatoms. The van der Waals surface area contributed by atoms with E-state index in [0.29, 0.717) is 16.1 Å². The number of benzene rings is 1. The van der Waals surface area contributed by atoms with Crippen LogP contribution in [0, 0.1) is 6.92 Å². The summed E-state index contributed by atoms with van der Waals surface area (Å²) in [5, 5.41) is 3.25. The summed E-state index contributed by atoms with van der Waals surface area (Å²) in [5.41, 5.74) is 0.889. The highest BCUT2D eigenvalue weighted by Crippen LogP contribution is 2.28. The summed E-state index contributed by atoms with van der Waals surface area (Å²) >= 11 is 4.66. The van der Waals surface area contributed by atoms with Gasteiger partial charge in [-0.2, -0.15) is 0 Å². The van der Waals surface area contributed by atoms with E-state index < -0.39 is 5.97 Å². The van der Waals surface area contributed by atoms with Gasteiger partial charge in [0.05, 0.1) is 12.7 Å². The van der Waals surface area contributed by atoms with Crippen LogP contribution in [0.3, 0.4) is 0 Å². The molecule has 1 amide bonds. The van der Waals surface area contributed by atoms with Gasteiger partial charge in [-0.15, -0.1) is 11.3 Å². The van der Waals surface area contributed by atoms with Crippen molar-refractivity contribution in [3.05, 3.63) is 50.8 Å². The van der Waals surface area contributed by atoms with Crippen molar-refractivity contribution in [2.75, 3.05) is 12.4 Å². The molecule has 104 valence electrons. The molecule has 1 N–H and O–H groups in total. The molecule has 2 aromatic rings. The quantitative estimate of drug-likeness (QED) is 0.852. The van der Waals surface area contributed by atoms with Crippen molar-refractivity contribution in [3.63, 3.8) is 0 Å². The summed E-state index contributed by atoms with van der Waals surface area (Å²) in [6, 6.07) is 8.74. The molecule has 0 bridgehead atoms. The lowest BCUT2D eigenvalue weighted by atomic mass is 10.2. The molecule has 0 fully saturated rings. The summed E-state index contributed by atoms with van der Waals surface area (Å²) in [7, 11) is 1.31. The lowest BCUT2D eigenvalue weighted by molar-refractivity contribution is 0.0602. The number of ether oxygens (including phenoxy) is 1. The zero-order valence-corrected chi connectivity index (χ0v) is 13.3. The second-order valence-electron chi connectivity index (χ2n) is 4.06. The summed E-state index contributed by atoms with van der Waals surface area (Å²) in [4.78, 5) is 24.7. The summed E-state index contributed by atoms with van der Waals surface area (Å²) in [6.07, 6.45) is 0. The summed E-state index contributed by atoms with van der Waals surface area (Å²) < 4.78 is 5.53. The van der Waals surface area contributed by atoms with E-state index in [1.54, 1.807) is 24.3 Å². The van der Waals surface area contributed by atoms with Crippen molar-refractivity contribution in [2.24, 2.45) is 0 Å². The van der Waals surface area contributed by atoms with Gasteiger partial charge in [0.15, 0.2) is 0 Å². The first-order valence-electron chi connectivity index (χ1n) is 5.77. The van der Waals surface area contributed by atoms with Crippen molar-refractivity contribution in [2.45, 2.75) is 6.92 Å². The Morgan fingerprint density at radius 2 is 2.05 bits per heavy atom. The van der Waals surface area contributed by atoms with Crippen LogP contribution in [0.4, 0.5) is 5.00 Å². The van der Waals surface area contributed by atoms with Crippen molar-refractivity contribution in [1.82, 2.24) is 0 Å². The number of anilines is 1. The number of hydrogen-bond donors (Lipinski definition) is 1. The number of methoxy groups -OCH3 is 1. The lowest BCUT2D eigenvalue weighted by Gasteiger charge is -2.05. The minimum Gasteiger partial charge on any atom is -0.465 e. The first-order valence-corrected chi connectivity index (χ1v) is 7.38. The molecular weight excluding hydrogens is 342 g/mol. The second kappa shape index (κ2) is 6.19. The number of aryl methyl sites for hydroxylation is 1. The lowest BCUT2D eigenvalue weighted by Crippen LogP contribution is -2.13. The Morgan fingerprint density at radius 3 is 2.70 bits per heavy atom. The van der Waals surface area contributed by atoms with Crippen LogP contribution < -0.4 is 5.32 Å². The van der Waals surface area contributed by atoms with Crippen molar-refractivity contribution in [3.8, 4) is 0 Å². The first kappa shape index (κ1) is 14.7. The first-order chi connectivity index (χ1) is 9.51. The number of nitrogens with one attached hydrogen (secondary N) is 1. The fraction of sp³-hybridized carbons (Fsp3) is 0.143. The molecule has 0 radical (unpaired) electrons. The molecule has 1 aromatic heterocycles. The van der Waals surface area contributed by atoms with Crippen LogP contribution in [0.15, 0.2) is 34.8 Å². The Labute approximate surface area is 128 Å². The van der Waals surface area contributed by atoms with Crippen LogP contribution in [0.2, 0.25) is 0 Å². The van der Waals surface area contributed by atoms with E-state index in [1.807, 2.05) is 13.0 Å². The molecule has 0 saturated carbocycles. The van der Waals surface area contributed by atoms with Gasteiger partial charge in [-0.1, -0.05) is 22.0 Å². The highest BCUT2D eigenvalue weighted by Gasteiger charge is 2.17. The van der Waals surface area contributed by atoms with Crippen molar-refractivity contribution < 1.29 is 14.3 Å². The number of amides is 1. The van der Waals surface area contributed by atoms with Crippen LogP contribution >= 0.6 is 27.3 Å². The maximum absolute atomic E-state index is 12.2. The normalized spacial score (nSPS) is 10.2. The number of halogens is 1. The number of carbonyl (C=O) groups excluding carboxylic acids is 2. The molecule has 0 atom stereocenters. The second-order valence-corrected chi connectivity index (χ2v) is 6.23. The number of hydrogen-bond acceptors (Lipinski definition) is 4. The topological polar surface area (TPSA) is 55.4 Å². The highest BCUT2D eigenvalue weighted by molar-refractivity contribution is 9.10. The third kappa shape index (κ3) is 3.26.